The summed E-state index contributed by atoms with van der Waals surface area (Å²) in [6, 6.07) is 27.0. The lowest BCUT2D eigenvalue weighted by molar-refractivity contribution is 0.137. The third-order valence-corrected chi connectivity index (χ3v) is 7.16. The average Bonchev–Trinajstić information content (AvgIpc) is 3.60. The Bertz CT molecular complexity index is 1020. The van der Waals surface area contributed by atoms with E-state index in [0.29, 0.717) is 12.6 Å². The van der Waals surface area contributed by atoms with Crippen LogP contribution in [0.15, 0.2) is 78.9 Å². The van der Waals surface area contributed by atoms with Gasteiger partial charge in [0, 0.05) is 16.6 Å². The predicted molar refractivity (Wildman–Crippen MR) is 129 cm³/mol. The summed E-state index contributed by atoms with van der Waals surface area (Å²) in [6.45, 7) is 0.488. The molecule has 1 saturated heterocycles. The summed E-state index contributed by atoms with van der Waals surface area (Å²) in [5.74, 6) is 0.759. The first kappa shape index (κ1) is 21.5. The number of hydrogen-bond donors (Lipinski definition) is 1. The molecule has 0 bridgehead atoms. The van der Waals surface area contributed by atoms with Crippen molar-refractivity contribution in [2.75, 3.05) is 0 Å². The number of aliphatic hydroxyl groups is 1. The molecule has 0 radical (unpaired) electrons. The van der Waals surface area contributed by atoms with Gasteiger partial charge in [-0.05, 0) is 42.2 Å². The van der Waals surface area contributed by atoms with Crippen molar-refractivity contribution in [3.05, 3.63) is 101 Å². The van der Waals surface area contributed by atoms with Crippen LogP contribution in [0.25, 0.3) is 0 Å². The Morgan fingerprint density at radius 3 is 2.31 bits per heavy atom. The zero-order chi connectivity index (χ0) is 21.9. The number of hydrogen-bond acceptors (Lipinski definition) is 3. The van der Waals surface area contributed by atoms with Gasteiger partial charge in [-0.25, -0.2) is 0 Å². The Morgan fingerprint density at radius 1 is 0.875 bits per heavy atom. The minimum absolute atomic E-state index is 0.0563. The summed E-state index contributed by atoms with van der Waals surface area (Å²) in [5, 5.41) is 12.3. The first-order valence-electron chi connectivity index (χ1n) is 11.7. The van der Waals surface area contributed by atoms with Gasteiger partial charge in [0.1, 0.15) is 12.4 Å². The summed E-state index contributed by atoms with van der Waals surface area (Å²) >= 11 is 6.14. The van der Waals surface area contributed by atoms with E-state index in [4.69, 9.17) is 16.3 Å². The van der Waals surface area contributed by atoms with E-state index >= 15 is 0 Å². The highest BCUT2D eigenvalue weighted by Crippen LogP contribution is 2.54. The minimum Gasteiger partial charge on any atom is -0.489 e. The van der Waals surface area contributed by atoms with Crippen LogP contribution in [-0.2, 0) is 6.61 Å². The zero-order valence-electron chi connectivity index (χ0n) is 18.2. The summed E-state index contributed by atoms with van der Waals surface area (Å²) < 4.78 is 6.16. The second-order valence-corrected chi connectivity index (χ2v) is 9.42. The predicted octanol–water partition coefficient (Wildman–Crippen LogP) is 6.71. The van der Waals surface area contributed by atoms with Crippen LogP contribution in [0.2, 0.25) is 5.02 Å². The Balaban J connectivity index is 1.39. The van der Waals surface area contributed by atoms with Gasteiger partial charge in [0.05, 0.1) is 18.2 Å². The monoisotopic (exact) mass is 447 g/mol. The van der Waals surface area contributed by atoms with Gasteiger partial charge >= 0.3 is 0 Å². The molecule has 2 aliphatic rings. The Kier molecular flexibility index (Phi) is 6.49. The number of halogens is 1. The lowest BCUT2D eigenvalue weighted by Crippen LogP contribution is -2.25. The van der Waals surface area contributed by atoms with Crippen molar-refractivity contribution in [3.63, 3.8) is 0 Å². The molecule has 4 heteroatoms. The van der Waals surface area contributed by atoms with Crippen LogP contribution in [0, 0.1) is 0 Å². The lowest BCUT2D eigenvalue weighted by atomic mass is 9.95. The maximum Gasteiger partial charge on any atom is 0.125 e. The molecule has 32 heavy (non-hydrogen) atoms. The molecule has 3 aromatic rings. The van der Waals surface area contributed by atoms with Crippen LogP contribution in [-0.4, -0.2) is 22.1 Å². The molecule has 4 unspecified atom stereocenters. The molecule has 5 rings (SSSR count). The largest absolute Gasteiger partial charge is 0.489 e. The molecule has 0 aromatic heterocycles. The molecule has 166 valence electrons. The third kappa shape index (κ3) is 4.56. The Labute approximate surface area is 195 Å². The quantitative estimate of drug-likeness (QED) is 0.408. The van der Waals surface area contributed by atoms with Crippen molar-refractivity contribution in [2.24, 2.45) is 0 Å². The second kappa shape index (κ2) is 9.66. The Hall–Kier alpha value is -2.33. The van der Waals surface area contributed by atoms with E-state index < -0.39 is 6.10 Å². The van der Waals surface area contributed by atoms with E-state index in [1.807, 2.05) is 54.6 Å². The van der Waals surface area contributed by atoms with Crippen LogP contribution >= 0.6 is 11.6 Å². The maximum absolute atomic E-state index is 11.6. The minimum atomic E-state index is -0.607. The molecule has 1 N–H and O–H groups in total. The van der Waals surface area contributed by atoms with E-state index in [-0.39, 0.29) is 12.1 Å². The first-order valence-corrected chi connectivity index (χ1v) is 12.1. The second-order valence-electron chi connectivity index (χ2n) is 8.98. The summed E-state index contributed by atoms with van der Waals surface area (Å²) in [7, 11) is 0. The molecule has 1 saturated carbocycles. The summed E-state index contributed by atoms with van der Waals surface area (Å²) in [6.07, 6.45) is 5.67. The molecule has 4 atom stereocenters. The number of benzene rings is 3. The fourth-order valence-corrected chi connectivity index (χ4v) is 5.38. The van der Waals surface area contributed by atoms with Crippen molar-refractivity contribution in [2.45, 2.75) is 62.9 Å². The molecule has 0 spiro atoms. The van der Waals surface area contributed by atoms with E-state index in [0.717, 1.165) is 21.9 Å². The maximum atomic E-state index is 11.6. The van der Waals surface area contributed by atoms with Gasteiger partial charge in [-0.15, -0.1) is 0 Å². The fraction of sp³-hybridized carbons (Fsp3) is 0.357. The van der Waals surface area contributed by atoms with E-state index in [2.05, 4.69) is 29.2 Å². The van der Waals surface area contributed by atoms with Crippen LogP contribution in [0.3, 0.4) is 0 Å². The highest BCUT2D eigenvalue weighted by Gasteiger charge is 2.56. The van der Waals surface area contributed by atoms with Crippen LogP contribution < -0.4 is 4.74 Å². The van der Waals surface area contributed by atoms with E-state index in [1.54, 1.807) is 0 Å². The molecule has 1 aliphatic carbocycles. The summed E-state index contributed by atoms with van der Waals surface area (Å²) in [4.78, 5) is 2.53. The Morgan fingerprint density at radius 2 is 1.56 bits per heavy atom. The van der Waals surface area contributed by atoms with Gasteiger partial charge in [0.2, 0.25) is 0 Å². The van der Waals surface area contributed by atoms with Crippen molar-refractivity contribution >= 4 is 11.6 Å². The molecular formula is C28H30ClNO2. The van der Waals surface area contributed by atoms with Crippen LogP contribution in [0.4, 0.5) is 0 Å². The van der Waals surface area contributed by atoms with Crippen molar-refractivity contribution in [3.8, 4) is 5.75 Å². The molecule has 1 heterocycles. The van der Waals surface area contributed by atoms with Gasteiger partial charge in [-0.1, -0.05) is 91.5 Å². The number of nitrogens with zero attached hydrogens (tertiary/aromatic N) is 1. The molecular weight excluding hydrogens is 418 g/mol. The number of aliphatic hydroxyl groups excluding tert-OH is 1. The van der Waals surface area contributed by atoms with E-state index in [9.17, 15) is 5.11 Å². The standard InChI is InChI=1S/C28H30ClNO2/c29-22-17-15-21(16-18-22)26-27(30(26)23-11-5-2-6-12-23)28(31)24-13-7-8-14-25(24)32-19-20-9-3-1-4-10-20/h1,3-4,7-10,13-18,23,26-28,31H,2,5-6,11-12,19H2. The van der Waals surface area contributed by atoms with Gasteiger partial charge in [-0.3, -0.25) is 4.90 Å². The molecule has 1 aliphatic heterocycles. The van der Waals surface area contributed by atoms with E-state index in [1.165, 1.54) is 37.7 Å². The first-order chi connectivity index (χ1) is 15.7. The molecule has 0 amide bonds. The normalized spacial score (nSPS) is 24.1. The number of rotatable bonds is 7. The average molecular weight is 448 g/mol. The lowest BCUT2D eigenvalue weighted by Gasteiger charge is -2.25. The van der Waals surface area contributed by atoms with Gasteiger partial charge < -0.3 is 9.84 Å². The topological polar surface area (TPSA) is 32.5 Å². The number of ether oxygens (including phenoxy) is 1. The molecule has 3 aromatic carbocycles. The summed E-state index contributed by atoms with van der Waals surface area (Å²) in [5.41, 5.74) is 3.21. The van der Waals surface area contributed by atoms with Crippen LogP contribution in [0.1, 0.15) is 60.9 Å². The SMILES string of the molecule is OC(c1ccccc1OCc1ccccc1)C1C(c2ccc(Cl)cc2)N1C1CCCCC1. The van der Waals surface area contributed by atoms with Crippen molar-refractivity contribution in [1.29, 1.82) is 0 Å². The van der Waals surface area contributed by atoms with Gasteiger partial charge in [0.15, 0.2) is 0 Å². The highest BCUT2D eigenvalue weighted by molar-refractivity contribution is 6.30. The zero-order valence-corrected chi connectivity index (χ0v) is 19.0. The van der Waals surface area contributed by atoms with Gasteiger partial charge in [0.25, 0.3) is 0 Å². The molecule has 3 nitrogen and oxygen atoms in total. The molecule has 2 fully saturated rings. The van der Waals surface area contributed by atoms with Crippen molar-refractivity contribution < 1.29 is 9.84 Å². The van der Waals surface area contributed by atoms with Crippen molar-refractivity contribution in [1.82, 2.24) is 4.90 Å². The number of para-hydroxylation sites is 1. The van der Waals surface area contributed by atoms with Crippen LogP contribution in [0.5, 0.6) is 5.75 Å². The third-order valence-electron chi connectivity index (χ3n) is 6.91. The highest BCUT2D eigenvalue weighted by atomic mass is 35.5. The smallest absolute Gasteiger partial charge is 0.125 e. The fourth-order valence-electron chi connectivity index (χ4n) is 5.26. The van der Waals surface area contributed by atoms with Gasteiger partial charge in [-0.2, -0.15) is 0 Å².